The van der Waals surface area contributed by atoms with Crippen LogP contribution in [0.2, 0.25) is 0 Å². The van der Waals surface area contributed by atoms with Gasteiger partial charge >= 0.3 is 0 Å². The molecule has 0 atom stereocenters. The fraction of sp³-hybridized carbons (Fsp3) is 0. The van der Waals surface area contributed by atoms with Crippen molar-refractivity contribution in [2.45, 2.75) is 0 Å². The number of nitrogens with zero attached hydrogens (tertiary/aromatic N) is 2. The van der Waals surface area contributed by atoms with Gasteiger partial charge in [0.2, 0.25) is 0 Å². The molecule has 0 aliphatic carbocycles. The van der Waals surface area contributed by atoms with Crippen molar-refractivity contribution in [2.75, 3.05) is 4.90 Å². The van der Waals surface area contributed by atoms with Gasteiger partial charge in [-0.2, -0.15) is 0 Å². The van der Waals surface area contributed by atoms with Crippen LogP contribution < -0.4 is 4.90 Å². The van der Waals surface area contributed by atoms with Crippen LogP contribution in [0.25, 0.3) is 93.7 Å². The molecule has 0 spiro atoms. The first-order chi connectivity index (χ1) is 31.8. The molecule has 2 heterocycles. The molecule has 2 heteroatoms. The Balaban J connectivity index is 1.03. The number of pyridine rings is 1. The van der Waals surface area contributed by atoms with Crippen molar-refractivity contribution in [3.63, 3.8) is 0 Å². The zero-order valence-corrected chi connectivity index (χ0v) is 35.1. The molecule has 12 rings (SSSR count). The lowest BCUT2D eigenvalue weighted by atomic mass is 9.94. The summed E-state index contributed by atoms with van der Waals surface area (Å²) in [5.74, 6) is 0. The van der Waals surface area contributed by atoms with Gasteiger partial charge in [0.15, 0.2) is 0 Å². The minimum atomic E-state index is 1.09. The highest BCUT2D eigenvalue weighted by atomic mass is 15.1. The Hall–Kier alpha value is -8.46. The van der Waals surface area contributed by atoms with E-state index >= 15 is 0 Å². The molecule has 0 saturated carbocycles. The summed E-state index contributed by atoms with van der Waals surface area (Å²) in [5.41, 5.74) is 18.9. The van der Waals surface area contributed by atoms with Crippen LogP contribution in [0.4, 0.5) is 17.1 Å². The van der Waals surface area contributed by atoms with Crippen LogP contribution in [0.15, 0.2) is 255 Å². The molecular weight excluding hydrogens is 773 g/mol. The number of benzene rings is 10. The molecule has 12 aromatic rings. The van der Waals surface area contributed by atoms with E-state index in [0.29, 0.717) is 0 Å². The van der Waals surface area contributed by atoms with Gasteiger partial charge in [-0.05, 0) is 98.4 Å². The summed E-state index contributed by atoms with van der Waals surface area (Å²) in [6.07, 6.45) is 0. The van der Waals surface area contributed by atoms with Crippen LogP contribution in [0, 0.1) is 0 Å². The second-order valence-corrected chi connectivity index (χ2v) is 16.5. The molecule has 0 fully saturated rings. The zero-order chi connectivity index (χ0) is 42.4. The number of rotatable bonds is 8. The Morgan fingerprint density at radius 2 is 0.641 bits per heavy atom. The molecule has 2 aromatic heterocycles. The van der Waals surface area contributed by atoms with Gasteiger partial charge in [-0.3, -0.25) is 0 Å². The molecular formula is C62H42N2. The predicted octanol–water partition coefficient (Wildman–Crippen LogP) is 17.2. The molecule has 0 amide bonds. The van der Waals surface area contributed by atoms with E-state index in [1.54, 1.807) is 0 Å². The van der Waals surface area contributed by atoms with Crippen molar-refractivity contribution in [1.29, 1.82) is 0 Å². The van der Waals surface area contributed by atoms with Gasteiger partial charge in [-0.15, -0.1) is 0 Å². The summed E-state index contributed by atoms with van der Waals surface area (Å²) in [4.78, 5) is 2.36. The van der Waals surface area contributed by atoms with E-state index in [1.807, 2.05) is 0 Å². The summed E-state index contributed by atoms with van der Waals surface area (Å²) in [5, 5.41) is 4.96. The Morgan fingerprint density at radius 3 is 1.22 bits per heavy atom. The third-order valence-electron chi connectivity index (χ3n) is 12.8. The Labute approximate surface area is 373 Å². The monoisotopic (exact) mass is 814 g/mol. The molecule has 0 aliphatic heterocycles. The first-order valence-corrected chi connectivity index (χ1v) is 22.0. The van der Waals surface area contributed by atoms with Crippen LogP contribution in [0.3, 0.4) is 0 Å². The van der Waals surface area contributed by atoms with Gasteiger partial charge in [-0.25, -0.2) is 0 Å². The molecule has 0 bridgehead atoms. The van der Waals surface area contributed by atoms with Gasteiger partial charge in [0.25, 0.3) is 0 Å². The number of aromatic nitrogens is 1. The fourth-order valence-corrected chi connectivity index (χ4v) is 9.77. The Morgan fingerprint density at radius 1 is 0.250 bits per heavy atom. The minimum Gasteiger partial charge on any atom is -0.311 e. The maximum atomic E-state index is 2.54. The summed E-state index contributed by atoms with van der Waals surface area (Å²) in [6.45, 7) is 0. The topological polar surface area (TPSA) is 7.65 Å². The van der Waals surface area contributed by atoms with Crippen LogP contribution >= 0.6 is 0 Å². The lowest BCUT2D eigenvalue weighted by Crippen LogP contribution is -2.09. The first kappa shape index (κ1) is 37.3. The number of fused-ring (bicyclic) bond motifs is 8. The summed E-state index contributed by atoms with van der Waals surface area (Å²) >= 11 is 0. The summed E-state index contributed by atoms with van der Waals surface area (Å²) in [6, 6.07) is 92.5. The lowest BCUT2D eigenvalue weighted by Gasteiger charge is -2.26. The number of hydrogen-bond acceptors (Lipinski definition) is 1. The number of anilines is 3. The van der Waals surface area contributed by atoms with Crippen LogP contribution in [-0.4, -0.2) is 4.40 Å². The maximum Gasteiger partial charge on any atom is 0.0626 e. The maximum absolute atomic E-state index is 2.54. The highest BCUT2D eigenvalue weighted by Crippen LogP contribution is 2.46. The highest BCUT2D eigenvalue weighted by Gasteiger charge is 2.22. The number of para-hydroxylation sites is 2. The van der Waals surface area contributed by atoms with Crippen molar-refractivity contribution in [1.82, 2.24) is 4.40 Å². The van der Waals surface area contributed by atoms with Crippen molar-refractivity contribution in [3.05, 3.63) is 255 Å². The normalized spacial score (nSPS) is 11.4. The molecule has 300 valence electrons. The van der Waals surface area contributed by atoms with E-state index in [1.165, 1.54) is 88.2 Å². The first-order valence-electron chi connectivity index (χ1n) is 22.0. The Bertz CT molecular complexity index is 3530. The van der Waals surface area contributed by atoms with Gasteiger partial charge < -0.3 is 9.30 Å². The van der Waals surface area contributed by atoms with E-state index < -0.39 is 0 Å². The average Bonchev–Trinajstić information content (AvgIpc) is 3.73. The second kappa shape index (κ2) is 15.8. The largest absolute Gasteiger partial charge is 0.311 e. The van der Waals surface area contributed by atoms with Gasteiger partial charge in [0, 0.05) is 44.3 Å². The van der Waals surface area contributed by atoms with Crippen molar-refractivity contribution >= 4 is 55.2 Å². The minimum absolute atomic E-state index is 1.09. The molecule has 0 saturated heterocycles. The molecule has 0 N–H and O–H groups in total. The summed E-state index contributed by atoms with van der Waals surface area (Å²) in [7, 11) is 0. The van der Waals surface area contributed by atoms with Crippen LogP contribution in [0.5, 0.6) is 0 Å². The van der Waals surface area contributed by atoms with E-state index in [2.05, 4.69) is 264 Å². The lowest BCUT2D eigenvalue weighted by molar-refractivity contribution is 1.28. The highest BCUT2D eigenvalue weighted by molar-refractivity contribution is 6.23. The average molecular weight is 815 g/mol. The van der Waals surface area contributed by atoms with Crippen LogP contribution in [0.1, 0.15) is 0 Å². The van der Waals surface area contributed by atoms with E-state index in [0.717, 1.165) is 22.6 Å². The molecule has 0 unspecified atom stereocenters. The van der Waals surface area contributed by atoms with Gasteiger partial charge in [0.05, 0.1) is 16.6 Å². The SMILES string of the molecule is c1ccc(-c2ccc(N(c3ccc(-c4ccccc4)cc3)c3ccc(-c4cccc5c6ccccc6c6c(-c7cccc(-c8ccccc8)c7)c7ccccc7n6c45)cc3)cc2)cc1. The van der Waals surface area contributed by atoms with Crippen molar-refractivity contribution < 1.29 is 0 Å². The fourth-order valence-electron chi connectivity index (χ4n) is 9.77. The number of hydrogen-bond donors (Lipinski definition) is 0. The van der Waals surface area contributed by atoms with Gasteiger partial charge in [0.1, 0.15) is 0 Å². The Kier molecular flexibility index (Phi) is 9.20. The zero-order valence-electron chi connectivity index (χ0n) is 35.1. The second-order valence-electron chi connectivity index (χ2n) is 16.5. The predicted molar refractivity (Wildman–Crippen MR) is 272 cm³/mol. The van der Waals surface area contributed by atoms with Crippen molar-refractivity contribution in [3.8, 4) is 55.6 Å². The molecule has 10 aromatic carbocycles. The smallest absolute Gasteiger partial charge is 0.0626 e. The van der Waals surface area contributed by atoms with E-state index in [4.69, 9.17) is 0 Å². The molecule has 2 nitrogen and oxygen atoms in total. The van der Waals surface area contributed by atoms with Gasteiger partial charge in [-0.1, -0.05) is 206 Å². The van der Waals surface area contributed by atoms with Crippen LogP contribution in [-0.2, 0) is 0 Å². The van der Waals surface area contributed by atoms with Crippen molar-refractivity contribution in [2.24, 2.45) is 0 Å². The van der Waals surface area contributed by atoms with E-state index in [9.17, 15) is 0 Å². The molecule has 0 aliphatic rings. The quantitative estimate of drug-likeness (QED) is 0.139. The summed E-state index contributed by atoms with van der Waals surface area (Å²) < 4.78 is 2.54. The third-order valence-corrected chi connectivity index (χ3v) is 12.8. The third kappa shape index (κ3) is 6.44. The molecule has 0 radical (unpaired) electrons. The molecule has 64 heavy (non-hydrogen) atoms. The van der Waals surface area contributed by atoms with E-state index in [-0.39, 0.29) is 0 Å². The standard InChI is InChI=1S/C62H42N2/c1-4-16-43(17-5-1)46-30-36-51(37-31-46)63(52-38-32-47(33-39-52)44-18-6-2-7-19-44)53-40-34-48(35-41-53)54-27-15-28-56-55-24-10-11-25-57(55)62-60(58-26-12-13-29-59(58)64(62)61(54)56)50-23-14-22-49(42-50)45-20-8-3-9-21-45/h1-42H.